The summed E-state index contributed by atoms with van der Waals surface area (Å²) in [6, 6.07) is 1.94. The van der Waals surface area contributed by atoms with Crippen molar-refractivity contribution in [2.45, 2.75) is 18.9 Å². The summed E-state index contributed by atoms with van der Waals surface area (Å²) in [6.07, 6.45) is 1.25. The lowest BCUT2D eigenvalue weighted by Crippen LogP contribution is -2.27. The molecule has 0 fully saturated rings. The Morgan fingerprint density at radius 1 is 1.36 bits per heavy atom. The molecule has 1 rings (SSSR count). The van der Waals surface area contributed by atoms with Crippen LogP contribution < -0.4 is 4.74 Å². The van der Waals surface area contributed by atoms with E-state index < -0.39 is 30.6 Å². The van der Waals surface area contributed by atoms with Crippen LogP contribution in [-0.4, -0.2) is 53.2 Å². The second-order valence-corrected chi connectivity index (χ2v) is 4.53. The quantitative estimate of drug-likeness (QED) is 0.629. The molecule has 0 unspecified atom stereocenters. The van der Waals surface area contributed by atoms with Crippen LogP contribution in [0.2, 0.25) is 0 Å². The van der Waals surface area contributed by atoms with E-state index in [0.717, 1.165) is 0 Å². The monoisotopic (exact) mass is 312 g/mol. The molecule has 22 heavy (non-hydrogen) atoms. The van der Waals surface area contributed by atoms with Gasteiger partial charge in [-0.1, -0.05) is 0 Å². The Morgan fingerprint density at radius 3 is 2.55 bits per heavy atom. The Hall–Kier alpha value is -2.51. The number of aliphatic carboxylic acids is 2. The largest absolute Gasteiger partial charge is 0.489 e. The van der Waals surface area contributed by atoms with Crippen LogP contribution in [0.3, 0.4) is 0 Å². The summed E-state index contributed by atoms with van der Waals surface area (Å²) in [5.41, 5.74) is 0.466. The number of alkyl halides is 1. The average molecular weight is 312 g/mol. The van der Waals surface area contributed by atoms with Crippen LogP contribution in [0.4, 0.5) is 4.39 Å². The fourth-order valence-electron chi connectivity index (χ4n) is 1.82. The standard InChI is InChI=1S/C14H17FN2O5/c1-16-12(14(20)21)7-9(13(18)19)6-10-2-3-11(8-17-10)22-5-4-15/h2-3,8-9,12H,1,4-7H2,(H,18,19)(H,20,21)/t9-,12-/m0/s1. The van der Waals surface area contributed by atoms with E-state index in [9.17, 15) is 19.1 Å². The Labute approximate surface area is 126 Å². The van der Waals surface area contributed by atoms with Crippen molar-refractivity contribution in [2.24, 2.45) is 10.9 Å². The number of pyridine rings is 1. The molecule has 1 aromatic heterocycles. The maximum Gasteiger partial charge on any atom is 0.328 e. The van der Waals surface area contributed by atoms with Gasteiger partial charge in [0.05, 0.1) is 12.1 Å². The molecular formula is C14H17FN2O5. The van der Waals surface area contributed by atoms with E-state index in [-0.39, 0.29) is 19.4 Å². The Bertz CT molecular complexity index is 520. The number of carboxylic acid groups (broad SMARTS) is 2. The van der Waals surface area contributed by atoms with Gasteiger partial charge in [-0.3, -0.25) is 14.8 Å². The topological polar surface area (TPSA) is 109 Å². The predicted molar refractivity (Wildman–Crippen MR) is 76.1 cm³/mol. The summed E-state index contributed by atoms with van der Waals surface area (Å²) in [4.78, 5) is 29.6. The van der Waals surface area contributed by atoms with Gasteiger partial charge in [0.1, 0.15) is 25.1 Å². The van der Waals surface area contributed by atoms with E-state index in [4.69, 9.17) is 9.84 Å². The second-order valence-electron chi connectivity index (χ2n) is 4.53. The molecule has 0 aromatic carbocycles. The summed E-state index contributed by atoms with van der Waals surface area (Å²) in [6.45, 7) is 2.46. The number of aliphatic imine (C=N–C) groups is 1. The zero-order valence-electron chi connectivity index (χ0n) is 11.8. The first kappa shape index (κ1) is 17.5. The highest BCUT2D eigenvalue weighted by Gasteiger charge is 2.26. The van der Waals surface area contributed by atoms with Crippen molar-refractivity contribution in [3.63, 3.8) is 0 Å². The van der Waals surface area contributed by atoms with Crippen LogP contribution in [0, 0.1) is 5.92 Å². The van der Waals surface area contributed by atoms with E-state index in [0.29, 0.717) is 11.4 Å². The highest BCUT2D eigenvalue weighted by Crippen LogP contribution is 2.17. The average Bonchev–Trinajstić information content (AvgIpc) is 2.49. The third-order valence-corrected chi connectivity index (χ3v) is 2.96. The molecule has 2 N–H and O–H groups in total. The molecule has 0 spiro atoms. The van der Waals surface area contributed by atoms with Gasteiger partial charge >= 0.3 is 11.9 Å². The number of rotatable bonds is 10. The van der Waals surface area contributed by atoms with Crippen LogP contribution in [0.1, 0.15) is 12.1 Å². The Kier molecular flexibility index (Phi) is 6.94. The molecule has 0 aliphatic carbocycles. The summed E-state index contributed by atoms with van der Waals surface area (Å²) < 4.78 is 17.0. The molecule has 7 nitrogen and oxygen atoms in total. The van der Waals surface area contributed by atoms with E-state index >= 15 is 0 Å². The SMILES string of the molecule is C=N[C@@H](C[C@H](Cc1ccc(OCCF)cn1)C(=O)O)C(=O)O. The smallest absolute Gasteiger partial charge is 0.328 e. The van der Waals surface area contributed by atoms with Gasteiger partial charge in [0, 0.05) is 12.1 Å². The summed E-state index contributed by atoms with van der Waals surface area (Å²) in [5, 5.41) is 18.1. The van der Waals surface area contributed by atoms with Crippen molar-refractivity contribution < 1.29 is 28.9 Å². The predicted octanol–water partition coefficient (Wildman–Crippen LogP) is 1.22. The molecule has 0 aliphatic rings. The molecule has 8 heteroatoms. The van der Waals surface area contributed by atoms with Gasteiger partial charge in [0.2, 0.25) is 0 Å². The summed E-state index contributed by atoms with van der Waals surface area (Å²) in [5.74, 6) is -2.92. The van der Waals surface area contributed by atoms with Crippen molar-refractivity contribution in [3.05, 3.63) is 24.0 Å². The number of carboxylic acids is 2. The Morgan fingerprint density at radius 2 is 2.09 bits per heavy atom. The molecule has 1 aromatic rings. The summed E-state index contributed by atoms with van der Waals surface area (Å²) in [7, 11) is 0. The lowest BCUT2D eigenvalue weighted by molar-refractivity contribution is -0.143. The second kappa shape index (κ2) is 8.71. The number of ether oxygens (including phenoxy) is 1. The minimum absolute atomic E-state index is 0.0536. The van der Waals surface area contributed by atoms with Gasteiger partial charge < -0.3 is 14.9 Å². The van der Waals surface area contributed by atoms with Gasteiger partial charge in [-0.2, -0.15) is 0 Å². The molecule has 0 aliphatic heterocycles. The number of hydrogen-bond acceptors (Lipinski definition) is 5. The van der Waals surface area contributed by atoms with E-state index in [2.05, 4.69) is 16.7 Å². The van der Waals surface area contributed by atoms with E-state index in [1.165, 1.54) is 6.20 Å². The molecular weight excluding hydrogens is 295 g/mol. The first-order valence-corrected chi connectivity index (χ1v) is 6.53. The van der Waals surface area contributed by atoms with Crippen LogP contribution in [-0.2, 0) is 16.0 Å². The Balaban J connectivity index is 2.72. The molecule has 2 atom stereocenters. The highest BCUT2D eigenvalue weighted by molar-refractivity contribution is 5.77. The number of carbonyl (C=O) groups is 2. The van der Waals surface area contributed by atoms with Gasteiger partial charge in [-0.25, -0.2) is 9.18 Å². The number of aromatic nitrogens is 1. The van der Waals surface area contributed by atoms with Crippen molar-refractivity contribution in [1.29, 1.82) is 0 Å². The zero-order valence-corrected chi connectivity index (χ0v) is 11.8. The molecule has 0 bridgehead atoms. The van der Waals surface area contributed by atoms with Gasteiger partial charge in [-0.05, 0) is 25.3 Å². The number of hydrogen-bond donors (Lipinski definition) is 2. The third kappa shape index (κ3) is 5.47. The van der Waals surface area contributed by atoms with Gasteiger partial charge in [0.25, 0.3) is 0 Å². The molecule has 120 valence electrons. The highest BCUT2D eigenvalue weighted by atomic mass is 19.1. The van der Waals surface area contributed by atoms with Crippen molar-refractivity contribution >= 4 is 18.7 Å². The third-order valence-electron chi connectivity index (χ3n) is 2.96. The first-order valence-electron chi connectivity index (χ1n) is 6.53. The zero-order chi connectivity index (χ0) is 16.5. The molecule has 0 saturated carbocycles. The normalized spacial score (nSPS) is 13.1. The van der Waals surface area contributed by atoms with Crippen LogP contribution in [0.15, 0.2) is 23.3 Å². The minimum atomic E-state index is -1.22. The molecule has 0 radical (unpaired) electrons. The molecule has 0 amide bonds. The van der Waals surface area contributed by atoms with Gasteiger partial charge in [0.15, 0.2) is 0 Å². The maximum atomic E-state index is 12.0. The number of halogens is 1. The lowest BCUT2D eigenvalue weighted by Gasteiger charge is -2.14. The fourth-order valence-corrected chi connectivity index (χ4v) is 1.82. The summed E-state index contributed by atoms with van der Waals surface area (Å²) >= 11 is 0. The van der Waals surface area contributed by atoms with Crippen LogP contribution >= 0.6 is 0 Å². The maximum absolute atomic E-state index is 12.0. The van der Waals surface area contributed by atoms with E-state index in [1.807, 2.05) is 0 Å². The first-order chi connectivity index (χ1) is 10.5. The van der Waals surface area contributed by atoms with Crippen molar-refractivity contribution in [1.82, 2.24) is 4.98 Å². The van der Waals surface area contributed by atoms with Crippen molar-refractivity contribution in [3.8, 4) is 5.75 Å². The van der Waals surface area contributed by atoms with Crippen molar-refractivity contribution in [2.75, 3.05) is 13.3 Å². The fraction of sp³-hybridized carbons (Fsp3) is 0.429. The van der Waals surface area contributed by atoms with E-state index in [1.54, 1.807) is 12.1 Å². The van der Waals surface area contributed by atoms with Crippen LogP contribution in [0.5, 0.6) is 5.75 Å². The number of nitrogens with zero attached hydrogens (tertiary/aromatic N) is 2. The van der Waals surface area contributed by atoms with Crippen LogP contribution in [0.25, 0.3) is 0 Å². The lowest BCUT2D eigenvalue weighted by atomic mass is 9.95. The molecule has 0 saturated heterocycles. The molecule has 1 heterocycles. The van der Waals surface area contributed by atoms with Gasteiger partial charge in [-0.15, -0.1) is 0 Å². The minimum Gasteiger partial charge on any atom is -0.489 e.